The van der Waals surface area contributed by atoms with Crippen LogP contribution in [-0.2, 0) is 16.0 Å². The number of halogens is 1. The van der Waals surface area contributed by atoms with Crippen LogP contribution in [0.4, 0.5) is 5.13 Å². The number of esters is 1. The molecular weight excluding hydrogens is 392 g/mol. The zero-order valence-corrected chi connectivity index (χ0v) is 16.9. The Hall–Kier alpha value is -2.32. The molecule has 1 aromatic carbocycles. The first-order valence-corrected chi connectivity index (χ1v) is 9.65. The summed E-state index contributed by atoms with van der Waals surface area (Å²) in [6, 6.07) is 3.10. The molecule has 0 saturated carbocycles. The molecule has 0 spiro atoms. The number of carbonyl (C=O) groups excluding carboxylic acids is 2. The summed E-state index contributed by atoms with van der Waals surface area (Å²) in [5.74, 6) is 0.0495. The third kappa shape index (κ3) is 5.83. The maximum Gasteiger partial charge on any atom is 0.311 e. The molecule has 27 heavy (non-hydrogen) atoms. The minimum absolute atomic E-state index is 0.0483. The molecule has 0 unspecified atom stereocenters. The van der Waals surface area contributed by atoms with Crippen LogP contribution in [0, 0.1) is 0 Å². The summed E-state index contributed by atoms with van der Waals surface area (Å²) in [6.45, 7) is 4.72. The molecular formula is C18H21ClN2O5S. The molecule has 0 aliphatic rings. The SMILES string of the molecule is CCCOc1c(Cl)cc(C(=O)Nc2nc(CC(=O)OC)cs2)cc1OCC. The fourth-order valence-corrected chi connectivity index (χ4v) is 3.11. The Kier molecular flexibility index (Phi) is 7.87. The molecule has 1 heterocycles. The Labute approximate surface area is 166 Å². The van der Waals surface area contributed by atoms with Gasteiger partial charge in [0, 0.05) is 10.9 Å². The van der Waals surface area contributed by atoms with Crippen molar-refractivity contribution in [2.75, 3.05) is 25.6 Å². The van der Waals surface area contributed by atoms with E-state index in [9.17, 15) is 9.59 Å². The lowest BCUT2D eigenvalue weighted by Crippen LogP contribution is -2.13. The van der Waals surface area contributed by atoms with E-state index in [0.717, 1.165) is 6.42 Å². The fraction of sp³-hybridized carbons (Fsp3) is 0.389. The van der Waals surface area contributed by atoms with Crippen LogP contribution in [0.1, 0.15) is 36.3 Å². The number of benzene rings is 1. The highest BCUT2D eigenvalue weighted by atomic mass is 35.5. The first kappa shape index (κ1) is 21.0. The number of amides is 1. The molecule has 0 radical (unpaired) electrons. The third-order valence-corrected chi connectivity index (χ3v) is 4.43. The lowest BCUT2D eigenvalue weighted by molar-refractivity contribution is -0.139. The van der Waals surface area contributed by atoms with Crippen molar-refractivity contribution in [2.45, 2.75) is 26.7 Å². The zero-order chi connectivity index (χ0) is 19.8. The summed E-state index contributed by atoms with van der Waals surface area (Å²) >= 11 is 7.50. The van der Waals surface area contributed by atoms with Gasteiger partial charge in [0.05, 0.1) is 37.5 Å². The molecule has 1 amide bonds. The van der Waals surface area contributed by atoms with Crippen molar-refractivity contribution < 1.29 is 23.8 Å². The molecule has 0 aliphatic carbocycles. The minimum atomic E-state index is -0.394. The number of aromatic nitrogens is 1. The number of hydrogen-bond donors (Lipinski definition) is 1. The molecule has 2 aromatic rings. The highest BCUT2D eigenvalue weighted by molar-refractivity contribution is 7.14. The van der Waals surface area contributed by atoms with Gasteiger partial charge in [0.25, 0.3) is 5.91 Å². The maximum absolute atomic E-state index is 12.5. The van der Waals surface area contributed by atoms with Gasteiger partial charge in [0.2, 0.25) is 0 Å². The quantitative estimate of drug-likeness (QED) is 0.627. The summed E-state index contributed by atoms with van der Waals surface area (Å²) in [5, 5.41) is 5.05. The number of rotatable bonds is 9. The van der Waals surface area contributed by atoms with Crippen LogP contribution in [0.5, 0.6) is 11.5 Å². The van der Waals surface area contributed by atoms with Crippen LogP contribution in [0.15, 0.2) is 17.5 Å². The van der Waals surface area contributed by atoms with Gasteiger partial charge in [-0.2, -0.15) is 0 Å². The van der Waals surface area contributed by atoms with E-state index >= 15 is 0 Å². The van der Waals surface area contributed by atoms with Crippen molar-refractivity contribution in [3.05, 3.63) is 33.8 Å². The van der Waals surface area contributed by atoms with Gasteiger partial charge in [-0.3, -0.25) is 14.9 Å². The number of ether oxygens (including phenoxy) is 3. The van der Waals surface area contributed by atoms with Gasteiger partial charge in [-0.25, -0.2) is 4.98 Å². The average molecular weight is 413 g/mol. The van der Waals surface area contributed by atoms with Crippen molar-refractivity contribution >= 4 is 39.9 Å². The van der Waals surface area contributed by atoms with E-state index in [1.54, 1.807) is 11.4 Å². The Morgan fingerprint density at radius 1 is 1.26 bits per heavy atom. The van der Waals surface area contributed by atoms with Gasteiger partial charge in [-0.05, 0) is 25.5 Å². The van der Waals surface area contributed by atoms with Crippen molar-refractivity contribution in [3.8, 4) is 11.5 Å². The van der Waals surface area contributed by atoms with Crippen LogP contribution in [0.25, 0.3) is 0 Å². The van der Waals surface area contributed by atoms with E-state index in [0.29, 0.717) is 46.1 Å². The number of carbonyl (C=O) groups is 2. The number of thiazole rings is 1. The standard InChI is InChI=1S/C18H21ClN2O5S/c1-4-6-26-16-13(19)7-11(8-14(16)25-5-2)17(23)21-18-20-12(10-27-18)9-15(22)24-3/h7-8,10H,4-6,9H2,1-3H3,(H,20,21,23). The second-order valence-electron chi connectivity index (χ2n) is 5.42. The molecule has 0 bridgehead atoms. The normalized spacial score (nSPS) is 10.4. The van der Waals surface area contributed by atoms with E-state index < -0.39 is 5.97 Å². The highest BCUT2D eigenvalue weighted by Gasteiger charge is 2.17. The second kappa shape index (κ2) is 10.1. The Morgan fingerprint density at radius 2 is 2.04 bits per heavy atom. The lowest BCUT2D eigenvalue weighted by Gasteiger charge is -2.14. The predicted molar refractivity (Wildman–Crippen MR) is 104 cm³/mol. The van der Waals surface area contributed by atoms with Crippen molar-refractivity contribution in [2.24, 2.45) is 0 Å². The van der Waals surface area contributed by atoms with E-state index in [2.05, 4.69) is 15.0 Å². The van der Waals surface area contributed by atoms with Gasteiger partial charge < -0.3 is 14.2 Å². The fourth-order valence-electron chi connectivity index (χ4n) is 2.14. The first-order chi connectivity index (χ1) is 13.0. The van der Waals surface area contributed by atoms with Crippen LogP contribution in [0.2, 0.25) is 5.02 Å². The molecule has 2 rings (SSSR count). The molecule has 0 fully saturated rings. The minimum Gasteiger partial charge on any atom is -0.490 e. The second-order valence-corrected chi connectivity index (χ2v) is 6.68. The molecule has 1 N–H and O–H groups in total. The monoisotopic (exact) mass is 412 g/mol. The third-order valence-electron chi connectivity index (χ3n) is 3.35. The summed E-state index contributed by atoms with van der Waals surface area (Å²) < 4.78 is 15.8. The molecule has 0 atom stereocenters. The Balaban J connectivity index is 2.17. The molecule has 146 valence electrons. The molecule has 7 nitrogen and oxygen atoms in total. The van der Waals surface area contributed by atoms with E-state index in [1.165, 1.54) is 24.5 Å². The van der Waals surface area contributed by atoms with Gasteiger partial charge in [-0.1, -0.05) is 18.5 Å². The van der Waals surface area contributed by atoms with Gasteiger partial charge in [0.15, 0.2) is 16.6 Å². The van der Waals surface area contributed by atoms with E-state index in [4.69, 9.17) is 21.1 Å². The lowest BCUT2D eigenvalue weighted by atomic mass is 10.2. The van der Waals surface area contributed by atoms with Gasteiger partial charge in [0.1, 0.15) is 0 Å². The van der Waals surface area contributed by atoms with Crippen molar-refractivity contribution in [3.63, 3.8) is 0 Å². The highest BCUT2D eigenvalue weighted by Crippen LogP contribution is 2.37. The summed E-state index contributed by atoms with van der Waals surface area (Å²) in [7, 11) is 1.31. The van der Waals surface area contributed by atoms with Crippen molar-refractivity contribution in [1.82, 2.24) is 4.98 Å². The number of nitrogens with zero attached hydrogens (tertiary/aromatic N) is 1. The smallest absolute Gasteiger partial charge is 0.311 e. The van der Waals surface area contributed by atoms with Gasteiger partial charge >= 0.3 is 5.97 Å². The van der Waals surface area contributed by atoms with Crippen LogP contribution >= 0.6 is 22.9 Å². The van der Waals surface area contributed by atoms with Crippen LogP contribution < -0.4 is 14.8 Å². The predicted octanol–water partition coefficient (Wildman–Crippen LogP) is 3.95. The van der Waals surface area contributed by atoms with Gasteiger partial charge in [-0.15, -0.1) is 11.3 Å². The molecule has 0 aliphatic heterocycles. The van der Waals surface area contributed by atoms with Crippen LogP contribution in [0.3, 0.4) is 0 Å². The topological polar surface area (TPSA) is 86.8 Å². The summed E-state index contributed by atoms with van der Waals surface area (Å²) in [5.41, 5.74) is 0.843. The van der Waals surface area contributed by atoms with E-state index in [1.807, 2.05) is 13.8 Å². The molecule has 0 saturated heterocycles. The number of nitrogens with one attached hydrogen (secondary N) is 1. The average Bonchev–Trinajstić information content (AvgIpc) is 3.07. The number of anilines is 1. The van der Waals surface area contributed by atoms with Crippen molar-refractivity contribution in [1.29, 1.82) is 0 Å². The molecule has 1 aromatic heterocycles. The largest absolute Gasteiger partial charge is 0.490 e. The van der Waals surface area contributed by atoms with Crippen LogP contribution in [-0.4, -0.2) is 37.2 Å². The molecule has 9 heteroatoms. The number of hydrogen-bond acceptors (Lipinski definition) is 7. The Morgan fingerprint density at radius 3 is 2.70 bits per heavy atom. The summed E-state index contributed by atoms with van der Waals surface area (Å²) in [4.78, 5) is 28.0. The maximum atomic E-state index is 12.5. The number of methoxy groups -OCH3 is 1. The summed E-state index contributed by atoms with van der Waals surface area (Å²) in [6.07, 6.45) is 0.870. The zero-order valence-electron chi connectivity index (χ0n) is 15.3. The first-order valence-electron chi connectivity index (χ1n) is 8.40. The Bertz CT molecular complexity index is 809. The van der Waals surface area contributed by atoms with E-state index in [-0.39, 0.29) is 12.3 Å².